The summed E-state index contributed by atoms with van der Waals surface area (Å²) in [7, 11) is -3.52. The van der Waals surface area contributed by atoms with E-state index in [0.29, 0.717) is 12.8 Å². The molecule has 0 unspecified atom stereocenters. The van der Waals surface area contributed by atoms with Crippen molar-refractivity contribution in [3.63, 3.8) is 0 Å². The van der Waals surface area contributed by atoms with Gasteiger partial charge in [-0.15, -0.1) is 0 Å². The van der Waals surface area contributed by atoms with Crippen LogP contribution >= 0.6 is 0 Å². The quantitative estimate of drug-likeness (QED) is 0.127. The van der Waals surface area contributed by atoms with Gasteiger partial charge >= 0.3 is 11.9 Å². The fourth-order valence-corrected chi connectivity index (χ4v) is 3.32. The number of carbonyl (C=O) groups excluding carboxylic acids is 2. The van der Waals surface area contributed by atoms with Crippen molar-refractivity contribution in [3.05, 3.63) is 0 Å². The van der Waals surface area contributed by atoms with E-state index in [1.807, 2.05) is 0 Å². The van der Waals surface area contributed by atoms with Crippen LogP contribution in [-0.4, -0.2) is 59.6 Å². The van der Waals surface area contributed by atoms with Crippen LogP contribution in [0.3, 0.4) is 0 Å². The molecular formula is C23H44O8S. The summed E-state index contributed by atoms with van der Waals surface area (Å²) in [6, 6.07) is 0. The zero-order chi connectivity index (χ0) is 24.1. The lowest BCUT2D eigenvalue weighted by atomic mass is 10.1. The number of carbonyl (C=O) groups is 2. The van der Waals surface area contributed by atoms with Crippen molar-refractivity contribution in [1.29, 1.82) is 0 Å². The van der Waals surface area contributed by atoms with Gasteiger partial charge in [0.05, 0.1) is 45.2 Å². The minimum absolute atomic E-state index is 0.0698. The fraction of sp³-hybridized carbons (Fsp3) is 0.913. The highest BCUT2D eigenvalue weighted by molar-refractivity contribution is 7.85. The first-order chi connectivity index (χ1) is 15.3. The van der Waals surface area contributed by atoms with Crippen molar-refractivity contribution in [1.82, 2.24) is 0 Å². The van der Waals surface area contributed by atoms with Crippen LogP contribution in [0.4, 0.5) is 0 Å². The molecule has 9 heteroatoms. The summed E-state index contributed by atoms with van der Waals surface area (Å²) in [4.78, 5) is 24.0. The van der Waals surface area contributed by atoms with Gasteiger partial charge in [0.1, 0.15) is 0 Å². The maximum absolute atomic E-state index is 12.0. The molecule has 8 nitrogen and oxygen atoms in total. The average Bonchev–Trinajstić information content (AvgIpc) is 2.73. The topological polar surface area (TPSA) is 105 Å². The highest BCUT2D eigenvalue weighted by Crippen LogP contribution is 2.09. The number of rotatable bonds is 22. The van der Waals surface area contributed by atoms with Crippen LogP contribution in [0.1, 0.15) is 90.9 Å². The first kappa shape index (κ1) is 30.8. The molecule has 0 saturated carbocycles. The van der Waals surface area contributed by atoms with Crippen LogP contribution in [0.15, 0.2) is 0 Å². The van der Waals surface area contributed by atoms with Gasteiger partial charge in [-0.3, -0.25) is 13.8 Å². The Morgan fingerprint density at radius 2 is 1.16 bits per heavy atom. The monoisotopic (exact) mass is 480 g/mol. The molecular weight excluding hydrogens is 436 g/mol. The first-order valence-corrected chi connectivity index (χ1v) is 13.8. The summed E-state index contributed by atoms with van der Waals surface area (Å²) < 4.78 is 42.7. The molecule has 0 spiro atoms. The van der Waals surface area contributed by atoms with E-state index in [-0.39, 0.29) is 50.9 Å². The molecule has 0 saturated heterocycles. The molecule has 0 amide bonds. The fourth-order valence-electron chi connectivity index (χ4n) is 2.95. The lowest BCUT2D eigenvalue weighted by Crippen LogP contribution is -2.26. The highest BCUT2D eigenvalue weighted by atomic mass is 32.2. The molecule has 32 heavy (non-hydrogen) atoms. The number of hydrogen-bond acceptors (Lipinski definition) is 8. The molecule has 0 N–H and O–H groups in total. The van der Waals surface area contributed by atoms with Crippen molar-refractivity contribution >= 4 is 22.1 Å². The van der Waals surface area contributed by atoms with Crippen LogP contribution < -0.4 is 0 Å². The minimum Gasteiger partial charge on any atom is -0.465 e. The summed E-state index contributed by atoms with van der Waals surface area (Å²) in [6.45, 7) is 4.60. The summed E-state index contributed by atoms with van der Waals surface area (Å²) >= 11 is 0. The molecule has 0 bridgehead atoms. The van der Waals surface area contributed by atoms with Gasteiger partial charge in [-0.1, -0.05) is 65.2 Å². The number of ether oxygens (including phenoxy) is 3. The predicted octanol–water partition coefficient (Wildman–Crippen LogP) is 4.40. The van der Waals surface area contributed by atoms with Gasteiger partial charge in [0.15, 0.2) is 0 Å². The third-order valence-electron chi connectivity index (χ3n) is 4.81. The van der Waals surface area contributed by atoms with E-state index in [1.54, 1.807) is 0 Å². The molecule has 0 aromatic heterocycles. The summed E-state index contributed by atoms with van der Waals surface area (Å²) in [5, 5.41) is 0. The molecule has 0 atom stereocenters. The van der Waals surface area contributed by atoms with Gasteiger partial charge < -0.3 is 14.2 Å². The average molecular weight is 481 g/mol. The minimum atomic E-state index is -3.52. The van der Waals surface area contributed by atoms with Crippen LogP contribution in [0, 0.1) is 5.92 Å². The third kappa shape index (κ3) is 22.0. The van der Waals surface area contributed by atoms with Gasteiger partial charge in [-0.2, -0.15) is 8.42 Å². The zero-order valence-corrected chi connectivity index (χ0v) is 21.1. The van der Waals surface area contributed by atoms with Crippen LogP contribution in [0.25, 0.3) is 0 Å². The normalized spacial score (nSPS) is 11.6. The molecule has 0 aliphatic rings. The van der Waals surface area contributed by atoms with Gasteiger partial charge in [0.25, 0.3) is 10.1 Å². The van der Waals surface area contributed by atoms with Crippen molar-refractivity contribution in [2.75, 3.05) is 39.3 Å². The Kier molecular flexibility index (Phi) is 19.7. The summed E-state index contributed by atoms with van der Waals surface area (Å²) in [5.41, 5.74) is 0. The van der Waals surface area contributed by atoms with E-state index < -0.39 is 10.1 Å². The van der Waals surface area contributed by atoms with Gasteiger partial charge in [-0.25, -0.2) is 0 Å². The second-order valence-electron chi connectivity index (χ2n) is 8.16. The summed E-state index contributed by atoms with van der Waals surface area (Å²) in [5.74, 6) is -0.857. The number of unbranched alkanes of at least 4 members (excludes halogenated alkanes) is 8. The van der Waals surface area contributed by atoms with Gasteiger partial charge in [0.2, 0.25) is 0 Å². The SMILES string of the molecule is CCCCCCCC(=O)OCC(COCCOS(C)(=O)=O)COC(=O)CCCCCCC. The zero-order valence-electron chi connectivity index (χ0n) is 20.3. The van der Waals surface area contributed by atoms with E-state index in [0.717, 1.165) is 57.6 Å². The standard InChI is InChI=1S/C23H44O8S/c1-4-6-8-10-12-14-22(24)29-19-21(18-28-16-17-31-32(3,26)27)20-30-23(25)15-13-11-9-7-5-2/h21H,4-20H2,1-3H3. The molecule has 0 fully saturated rings. The van der Waals surface area contributed by atoms with Crippen molar-refractivity contribution in [2.24, 2.45) is 5.92 Å². The van der Waals surface area contributed by atoms with Gasteiger partial charge in [-0.05, 0) is 12.8 Å². The largest absolute Gasteiger partial charge is 0.465 e. The molecule has 0 aliphatic heterocycles. The molecule has 190 valence electrons. The molecule has 0 aromatic carbocycles. The van der Waals surface area contributed by atoms with E-state index in [1.165, 1.54) is 12.8 Å². The van der Waals surface area contributed by atoms with E-state index >= 15 is 0 Å². The Bertz CT molecular complexity index is 547. The van der Waals surface area contributed by atoms with Crippen molar-refractivity contribution in [2.45, 2.75) is 90.9 Å². The Hall–Kier alpha value is -1.19. The smallest absolute Gasteiger partial charge is 0.305 e. The molecule has 0 rings (SSSR count). The maximum Gasteiger partial charge on any atom is 0.305 e. The number of hydrogen-bond donors (Lipinski definition) is 0. The van der Waals surface area contributed by atoms with Crippen LogP contribution in [-0.2, 0) is 38.1 Å². The van der Waals surface area contributed by atoms with E-state index in [2.05, 4.69) is 18.0 Å². The Labute approximate surface area is 194 Å². The predicted molar refractivity (Wildman–Crippen MR) is 124 cm³/mol. The van der Waals surface area contributed by atoms with E-state index in [9.17, 15) is 18.0 Å². The second-order valence-corrected chi connectivity index (χ2v) is 9.81. The Morgan fingerprint density at radius 3 is 1.59 bits per heavy atom. The molecule has 0 radical (unpaired) electrons. The van der Waals surface area contributed by atoms with Crippen LogP contribution in [0.2, 0.25) is 0 Å². The Morgan fingerprint density at radius 1 is 0.688 bits per heavy atom. The number of esters is 2. The second kappa shape index (κ2) is 20.4. The van der Waals surface area contributed by atoms with Crippen molar-refractivity contribution < 1.29 is 36.4 Å². The first-order valence-electron chi connectivity index (χ1n) is 12.0. The third-order valence-corrected chi connectivity index (χ3v) is 5.40. The highest BCUT2D eigenvalue weighted by Gasteiger charge is 2.16. The summed E-state index contributed by atoms with van der Waals surface area (Å²) in [6.07, 6.45) is 12.2. The van der Waals surface area contributed by atoms with Crippen molar-refractivity contribution in [3.8, 4) is 0 Å². The molecule has 0 aromatic rings. The maximum atomic E-state index is 12.0. The van der Waals surface area contributed by atoms with E-state index in [4.69, 9.17) is 14.2 Å². The van der Waals surface area contributed by atoms with Crippen LogP contribution in [0.5, 0.6) is 0 Å². The molecule has 0 aliphatic carbocycles. The molecule has 0 heterocycles. The lowest BCUT2D eigenvalue weighted by molar-refractivity contribution is -0.150. The van der Waals surface area contributed by atoms with Gasteiger partial charge in [0, 0.05) is 12.8 Å². The lowest BCUT2D eigenvalue weighted by Gasteiger charge is -2.17. The Balaban J connectivity index is 4.28.